The number of rotatable bonds is 4. The number of ether oxygens (including phenoxy) is 1. The molecule has 0 aliphatic carbocycles. The third-order valence-corrected chi connectivity index (χ3v) is 4.18. The van der Waals surface area contributed by atoms with Gasteiger partial charge < -0.3 is 14.5 Å². The highest BCUT2D eigenvalue weighted by molar-refractivity contribution is 5.97. The van der Waals surface area contributed by atoms with E-state index in [0.29, 0.717) is 31.4 Å². The number of hydrogen-bond donors (Lipinski definition) is 2. The van der Waals surface area contributed by atoms with Crippen LogP contribution in [-0.4, -0.2) is 27.7 Å². The van der Waals surface area contributed by atoms with Gasteiger partial charge in [-0.3, -0.25) is 9.89 Å². The molecule has 0 bridgehead atoms. The van der Waals surface area contributed by atoms with Gasteiger partial charge in [0.2, 0.25) is 0 Å². The topological polar surface area (TPSA) is 93.0 Å². The van der Waals surface area contributed by atoms with Crippen molar-refractivity contribution in [1.82, 2.24) is 20.5 Å². The Hall–Kier alpha value is -2.93. The SMILES string of the molecule is Cc1nc(C(=O)NCc2n[nH]c3c2COCC3)c(-c2ccccc2)o1. The molecule has 2 N–H and O–H groups in total. The number of benzene rings is 1. The first kappa shape index (κ1) is 15.6. The lowest BCUT2D eigenvalue weighted by Crippen LogP contribution is -2.25. The minimum absolute atomic E-state index is 0.282. The molecule has 1 aliphatic rings. The highest BCUT2D eigenvalue weighted by Crippen LogP contribution is 2.25. The first-order chi connectivity index (χ1) is 12.2. The van der Waals surface area contributed by atoms with Gasteiger partial charge in [-0.05, 0) is 0 Å². The van der Waals surface area contributed by atoms with E-state index in [4.69, 9.17) is 9.15 Å². The van der Waals surface area contributed by atoms with E-state index in [1.54, 1.807) is 6.92 Å². The number of hydrogen-bond acceptors (Lipinski definition) is 5. The predicted molar refractivity (Wildman–Crippen MR) is 89.8 cm³/mol. The van der Waals surface area contributed by atoms with Crippen LogP contribution in [0.15, 0.2) is 34.7 Å². The smallest absolute Gasteiger partial charge is 0.274 e. The van der Waals surface area contributed by atoms with E-state index < -0.39 is 0 Å². The molecule has 7 nitrogen and oxygen atoms in total. The zero-order chi connectivity index (χ0) is 17.2. The number of H-pyrrole nitrogens is 1. The van der Waals surface area contributed by atoms with Crippen LogP contribution in [0, 0.1) is 6.92 Å². The van der Waals surface area contributed by atoms with E-state index in [0.717, 1.165) is 28.9 Å². The number of aromatic nitrogens is 3. The Morgan fingerprint density at radius 3 is 3.00 bits per heavy atom. The van der Waals surface area contributed by atoms with Gasteiger partial charge in [-0.2, -0.15) is 5.10 Å². The molecule has 0 unspecified atom stereocenters. The van der Waals surface area contributed by atoms with Crippen molar-refractivity contribution in [2.75, 3.05) is 6.61 Å². The third kappa shape index (κ3) is 3.06. The van der Waals surface area contributed by atoms with Crippen LogP contribution in [-0.2, 0) is 24.3 Å². The minimum Gasteiger partial charge on any atom is -0.440 e. The zero-order valence-corrected chi connectivity index (χ0v) is 13.8. The second kappa shape index (κ2) is 6.52. The van der Waals surface area contributed by atoms with Gasteiger partial charge in [0.25, 0.3) is 5.91 Å². The summed E-state index contributed by atoms with van der Waals surface area (Å²) in [6.45, 7) is 3.26. The minimum atomic E-state index is -0.288. The number of nitrogens with one attached hydrogen (secondary N) is 2. The molecule has 128 valence electrons. The summed E-state index contributed by atoms with van der Waals surface area (Å²) < 4.78 is 11.1. The monoisotopic (exact) mass is 338 g/mol. The first-order valence-corrected chi connectivity index (χ1v) is 8.16. The molecule has 0 saturated carbocycles. The molecular formula is C18H18N4O3. The molecule has 2 aromatic heterocycles. The Kier molecular flexibility index (Phi) is 4.07. The molecule has 0 spiro atoms. The van der Waals surface area contributed by atoms with Gasteiger partial charge >= 0.3 is 0 Å². The second-order valence-corrected chi connectivity index (χ2v) is 5.89. The van der Waals surface area contributed by atoms with E-state index >= 15 is 0 Å². The predicted octanol–water partition coefficient (Wildman–Crippen LogP) is 2.38. The third-order valence-electron chi connectivity index (χ3n) is 4.18. The van der Waals surface area contributed by atoms with E-state index in [1.807, 2.05) is 30.3 Å². The highest BCUT2D eigenvalue weighted by Gasteiger charge is 2.22. The fourth-order valence-corrected chi connectivity index (χ4v) is 2.93. The van der Waals surface area contributed by atoms with Crippen molar-refractivity contribution in [2.45, 2.75) is 26.5 Å². The maximum absolute atomic E-state index is 12.6. The molecule has 0 radical (unpaired) electrons. The lowest BCUT2D eigenvalue weighted by atomic mass is 10.1. The van der Waals surface area contributed by atoms with Gasteiger partial charge in [-0.25, -0.2) is 4.98 Å². The van der Waals surface area contributed by atoms with Crippen molar-refractivity contribution < 1.29 is 13.9 Å². The summed E-state index contributed by atoms with van der Waals surface area (Å²) in [6.07, 6.45) is 0.816. The molecule has 0 atom stereocenters. The standard InChI is InChI=1S/C18H18N4O3/c1-11-20-16(17(25-11)12-5-3-2-4-6-12)18(23)19-9-15-13-10-24-8-7-14(13)21-22-15/h2-6H,7-10H2,1H3,(H,19,23)(H,21,22). The van der Waals surface area contributed by atoms with Gasteiger partial charge in [0.05, 0.1) is 25.5 Å². The van der Waals surface area contributed by atoms with Gasteiger partial charge in [0.15, 0.2) is 17.3 Å². The summed E-state index contributed by atoms with van der Waals surface area (Å²) in [6, 6.07) is 9.47. The number of nitrogens with zero attached hydrogens (tertiary/aromatic N) is 2. The van der Waals surface area contributed by atoms with Crippen LogP contribution < -0.4 is 5.32 Å². The summed E-state index contributed by atoms with van der Waals surface area (Å²) in [5.74, 6) is 0.640. The maximum atomic E-state index is 12.6. The molecule has 1 aromatic carbocycles. The Morgan fingerprint density at radius 2 is 2.16 bits per heavy atom. The van der Waals surface area contributed by atoms with E-state index in [1.165, 1.54) is 0 Å². The van der Waals surface area contributed by atoms with Crippen LogP contribution in [0.4, 0.5) is 0 Å². The Morgan fingerprint density at radius 1 is 1.32 bits per heavy atom. The number of carbonyl (C=O) groups is 1. The quantitative estimate of drug-likeness (QED) is 0.762. The van der Waals surface area contributed by atoms with Gasteiger partial charge in [-0.15, -0.1) is 0 Å². The lowest BCUT2D eigenvalue weighted by molar-refractivity contribution is 0.0943. The van der Waals surface area contributed by atoms with Crippen molar-refractivity contribution >= 4 is 5.91 Å². The van der Waals surface area contributed by atoms with E-state index in [2.05, 4.69) is 20.5 Å². The summed E-state index contributed by atoms with van der Waals surface area (Å²) in [5.41, 5.74) is 4.01. The van der Waals surface area contributed by atoms with Crippen molar-refractivity contribution in [1.29, 1.82) is 0 Å². The molecule has 3 aromatic rings. The van der Waals surface area contributed by atoms with Crippen molar-refractivity contribution in [2.24, 2.45) is 0 Å². The molecule has 7 heteroatoms. The van der Waals surface area contributed by atoms with Gasteiger partial charge in [0, 0.05) is 30.2 Å². The average molecular weight is 338 g/mol. The number of fused-ring (bicyclic) bond motifs is 1. The Bertz CT molecular complexity index is 898. The number of oxazole rings is 1. The zero-order valence-electron chi connectivity index (χ0n) is 13.8. The molecule has 1 aliphatic heterocycles. The normalized spacial score (nSPS) is 13.5. The number of aromatic amines is 1. The summed E-state index contributed by atoms with van der Waals surface area (Å²) in [7, 11) is 0. The summed E-state index contributed by atoms with van der Waals surface area (Å²) in [5, 5.41) is 10.2. The highest BCUT2D eigenvalue weighted by atomic mass is 16.5. The molecule has 3 heterocycles. The molecule has 25 heavy (non-hydrogen) atoms. The van der Waals surface area contributed by atoms with E-state index in [9.17, 15) is 4.79 Å². The fourth-order valence-electron chi connectivity index (χ4n) is 2.93. The second-order valence-electron chi connectivity index (χ2n) is 5.89. The lowest BCUT2D eigenvalue weighted by Gasteiger charge is -2.12. The molecule has 4 rings (SSSR count). The molecule has 0 fully saturated rings. The maximum Gasteiger partial charge on any atom is 0.274 e. The van der Waals surface area contributed by atoms with Crippen molar-refractivity contribution in [3.05, 3.63) is 58.9 Å². The van der Waals surface area contributed by atoms with Crippen molar-refractivity contribution in [3.63, 3.8) is 0 Å². The Labute approximate surface area is 144 Å². The first-order valence-electron chi connectivity index (χ1n) is 8.16. The van der Waals surface area contributed by atoms with Crippen LogP contribution in [0.25, 0.3) is 11.3 Å². The van der Waals surface area contributed by atoms with Crippen molar-refractivity contribution in [3.8, 4) is 11.3 Å². The van der Waals surface area contributed by atoms with Crippen LogP contribution in [0.3, 0.4) is 0 Å². The molecule has 1 amide bonds. The van der Waals surface area contributed by atoms with Crippen LogP contribution in [0.2, 0.25) is 0 Å². The summed E-state index contributed by atoms with van der Waals surface area (Å²) >= 11 is 0. The van der Waals surface area contributed by atoms with Crippen LogP contribution in [0.1, 0.15) is 33.3 Å². The van der Waals surface area contributed by atoms with Gasteiger partial charge in [0.1, 0.15) is 0 Å². The fraction of sp³-hybridized carbons (Fsp3) is 0.278. The van der Waals surface area contributed by atoms with Gasteiger partial charge in [-0.1, -0.05) is 30.3 Å². The number of aryl methyl sites for hydroxylation is 1. The molecular weight excluding hydrogens is 320 g/mol. The largest absolute Gasteiger partial charge is 0.440 e. The Balaban J connectivity index is 1.53. The van der Waals surface area contributed by atoms with Crippen LogP contribution in [0.5, 0.6) is 0 Å². The van der Waals surface area contributed by atoms with E-state index in [-0.39, 0.29) is 11.6 Å². The van der Waals surface area contributed by atoms with Crippen LogP contribution >= 0.6 is 0 Å². The number of carbonyl (C=O) groups excluding carboxylic acids is 1. The average Bonchev–Trinajstić information content (AvgIpc) is 3.24. The summed E-state index contributed by atoms with van der Waals surface area (Å²) in [4.78, 5) is 16.9. The molecule has 0 saturated heterocycles. The number of amides is 1.